The lowest BCUT2D eigenvalue weighted by Crippen LogP contribution is -2.45. The van der Waals surface area contributed by atoms with Gasteiger partial charge in [-0.3, -0.25) is 9.59 Å². The number of fused-ring (bicyclic) bond motifs is 1. The number of allylic oxidation sites excluding steroid dienone is 2. The van der Waals surface area contributed by atoms with Crippen molar-refractivity contribution in [2.45, 2.75) is 44.8 Å². The first-order valence-electron chi connectivity index (χ1n) is 7.47. The van der Waals surface area contributed by atoms with Crippen molar-refractivity contribution in [1.82, 2.24) is 4.90 Å². The Bertz CT molecular complexity index is 494. The van der Waals surface area contributed by atoms with Crippen molar-refractivity contribution in [3.63, 3.8) is 0 Å². The first kappa shape index (κ1) is 13.6. The normalized spacial score (nSPS) is 35.0. The lowest BCUT2D eigenvalue weighted by atomic mass is 9.75. The monoisotopic (exact) mass is 275 g/mol. The van der Waals surface area contributed by atoms with E-state index in [0.717, 1.165) is 31.4 Å². The van der Waals surface area contributed by atoms with Crippen molar-refractivity contribution in [3.05, 3.63) is 23.8 Å². The molecule has 4 nitrogen and oxygen atoms in total. The number of nitrogens with zero attached hydrogens (tertiary/aromatic N) is 1. The lowest BCUT2D eigenvalue weighted by molar-refractivity contribution is -0.128. The van der Waals surface area contributed by atoms with E-state index in [1.54, 1.807) is 6.08 Å². The molecule has 2 heterocycles. The van der Waals surface area contributed by atoms with Gasteiger partial charge >= 0.3 is 0 Å². The molecule has 1 N–H and O–H groups in total. The van der Waals surface area contributed by atoms with Gasteiger partial charge in [-0.25, -0.2) is 0 Å². The molecule has 1 amide bonds. The fourth-order valence-electron chi connectivity index (χ4n) is 3.80. The van der Waals surface area contributed by atoms with Crippen LogP contribution in [-0.2, 0) is 9.59 Å². The standard InChI is InChI=1S/C16H21NO3/c1-10-4-2-6-13(18)15(10)16(20)11-5-3-9-17-12(11)7-8-14(17)19/h2,5-6,10,12,15-16,20H,3-4,7-9H2,1H3/t10-,12-,15+,16-/m0/s1. The molecule has 4 atom stereocenters. The van der Waals surface area contributed by atoms with Gasteiger partial charge in [0.05, 0.1) is 18.1 Å². The topological polar surface area (TPSA) is 57.6 Å². The van der Waals surface area contributed by atoms with Crippen molar-refractivity contribution in [2.75, 3.05) is 6.54 Å². The van der Waals surface area contributed by atoms with Crippen molar-refractivity contribution in [1.29, 1.82) is 0 Å². The van der Waals surface area contributed by atoms with E-state index in [9.17, 15) is 14.7 Å². The maximum absolute atomic E-state index is 12.1. The zero-order valence-corrected chi connectivity index (χ0v) is 11.8. The van der Waals surface area contributed by atoms with Crippen LogP contribution in [0.5, 0.6) is 0 Å². The van der Waals surface area contributed by atoms with E-state index in [2.05, 4.69) is 0 Å². The molecule has 1 fully saturated rings. The first-order valence-corrected chi connectivity index (χ1v) is 7.47. The highest BCUT2D eigenvalue weighted by atomic mass is 16.3. The number of hydrogen-bond acceptors (Lipinski definition) is 3. The summed E-state index contributed by atoms with van der Waals surface area (Å²) in [6.07, 6.45) is 7.71. The van der Waals surface area contributed by atoms with Crippen molar-refractivity contribution < 1.29 is 14.7 Å². The molecule has 20 heavy (non-hydrogen) atoms. The molecule has 0 radical (unpaired) electrons. The molecule has 0 bridgehead atoms. The Labute approximate surface area is 119 Å². The smallest absolute Gasteiger partial charge is 0.223 e. The lowest BCUT2D eigenvalue weighted by Gasteiger charge is -2.37. The highest BCUT2D eigenvalue weighted by Gasteiger charge is 2.42. The second kappa shape index (κ2) is 5.17. The Morgan fingerprint density at radius 1 is 1.40 bits per heavy atom. The molecular formula is C16H21NO3. The molecule has 0 spiro atoms. The molecule has 0 saturated carbocycles. The Kier molecular flexibility index (Phi) is 3.50. The zero-order chi connectivity index (χ0) is 14.3. The van der Waals surface area contributed by atoms with E-state index in [1.165, 1.54) is 0 Å². The van der Waals surface area contributed by atoms with Gasteiger partial charge in [-0.05, 0) is 36.8 Å². The predicted octanol–water partition coefficient (Wildman–Crippen LogP) is 1.45. The van der Waals surface area contributed by atoms with Gasteiger partial charge < -0.3 is 10.0 Å². The van der Waals surface area contributed by atoms with Gasteiger partial charge in [0.15, 0.2) is 5.78 Å². The molecule has 0 aromatic carbocycles. The average Bonchev–Trinajstić information content (AvgIpc) is 2.80. The minimum Gasteiger partial charge on any atom is -0.388 e. The van der Waals surface area contributed by atoms with Crippen LogP contribution in [0.4, 0.5) is 0 Å². The Morgan fingerprint density at radius 2 is 2.20 bits per heavy atom. The third-order valence-electron chi connectivity index (χ3n) is 4.88. The number of amides is 1. The first-order chi connectivity index (χ1) is 9.59. The summed E-state index contributed by atoms with van der Waals surface area (Å²) in [6.45, 7) is 2.75. The average molecular weight is 275 g/mol. The SMILES string of the molecule is C[C@H]1CC=CC(=O)[C@@H]1[C@@H](O)C1=CCCN2C(=O)CC[C@@H]12. The molecule has 3 aliphatic rings. The minimum atomic E-state index is -0.749. The fourth-order valence-corrected chi connectivity index (χ4v) is 3.80. The summed E-state index contributed by atoms with van der Waals surface area (Å²) >= 11 is 0. The second-order valence-electron chi connectivity index (χ2n) is 6.12. The number of carbonyl (C=O) groups is 2. The molecule has 1 saturated heterocycles. The van der Waals surface area contributed by atoms with Gasteiger partial charge in [0.2, 0.25) is 5.91 Å². The fraction of sp³-hybridized carbons (Fsp3) is 0.625. The van der Waals surface area contributed by atoms with Gasteiger partial charge in [-0.15, -0.1) is 0 Å². The summed E-state index contributed by atoms with van der Waals surface area (Å²) in [5.74, 6) is -0.0212. The quantitative estimate of drug-likeness (QED) is 0.776. The summed E-state index contributed by atoms with van der Waals surface area (Å²) in [7, 11) is 0. The maximum Gasteiger partial charge on any atom is 0.223 e. The van der Waals surface area contributed by atoms with Gasteiger partial charge in [-0.2, -0.15) is 0 Å². The molecule has 3 rings (SSSR count). The van der Waals surface area contributed by atoms with Gasteiger partial charge in [0, 0.05) is 13.0 Å². The molecule has 2 aliphatic heterocycles. The zero-order valence-electron chi connectivity index (χ0n) is 11.8. The number of aliphatic hydroxyl groups excluding tert-OH is 1. The number of hydrogen-bond donors (Lipinski definition) is 1. The number of carbonyl (C=O) groups excluding carboxylic acids is 2. The van der Waals surface area contributed by atoms with Crippen LogP contribution in [0.3, 0.4) is 0 Å². The Hall–Kier alpha value is -1.42. The molecule has 0 unspecified atom stereocenters. The third-order valence-corrected chi connectivity index (χ3v) is 4.88. The van der Waals surface area contributed by atoms with Crippen LogP contribution in [0, 0.1) is 11.8 Å². The van der Waals surface area contributed by atoms with E-state index >= 15 is 0 Å². The van der Waals surface area contributed by atoms with E-state index in [4.69, 9.17) is 0 Å². The summed E-state index contributed by atoms with van der Waals surface area (Å²) in [6, 6.07) is 0.0113. The van der Waals surface area contributed by atoms with E-state index in [1.807, 2.05) is 24.0 Å². The summed E-state index contributed by atoms with van der Waals surface area (Å²) < 4.78 is 0. The summed E-state index contributed by atoms with van der Waals surface area (Å²) in [4.78, 5) is 25.8. The highest BCUT2D eigenvalue weighted by Crippen LogP contribution is 2.36. The third kappa shape index (κ3) is 2.12. The molecular weight excluding hydrogens is 254 g/mol. The van der Waals surface area contributed by atoms with Crippen LogP contribution in [0.1, 0.15) is 32.6 Å². The van der Waals surface area contributed by atoms with Crippen LogP contribution in [-0.4, -0.2) is 40.4 Å². The Balaban J connectivity index is 1.85. The summed E-state index contributed by atoms with van der Waals surface area (Å²) in [5, 5.41) is 10.7. The van der Waals surface area contributed by atoms with Gasteiger partial charge in [-0.1, -0.05) is 19.1 Å². The number of rotatable bonds is 2. The van der Waals surface area contributed by atoms with Crippen molar-refractivity contribution in [2.24, 2.45) is 11.8 Å². The van der Waals surface area contributed by atoms with Crippen LogP contribution in [0.25, 0.3) is 0 Å². The van der Waals surface area contributed by atoms with Crippen molar-refractivity contribution in [3.8, 4) is 0 Å². The predicted molar refractivity (Wildman–Crippen MR) is 74.9 cm³/mol. The molecule has 4 heteroatoms. The highest BCUT2D eigenvalue weighted by molar-refractivity contribution is 5.93. The van der Waals surface area contributed by atoms with E-state index < -0.39 is 6.10 Å². The largest absolute Gasteiger partial charge is 0.388 e. The second-order valence-corrected chi connectivity index (χ2v) is 6.12. The molecule has 0 aromatic rings. The van der Waals surface area contributed by atoms with E-state index in [0.29, 0.717) is 6.42 Å². The molecule has 0 aromatic heterocycles. The van der Waals surface area contributed by atoms with E-state index in [-0.39, 0.29) is 29.6 Å². The number of ketones is 1. The van der Waals surface area contributed by atoms with Gasteiger partial charge in [0.1, 0.15) is 0 Å². The minimum absolute atomic E-state index is 0.0113. The maximum atomic E-state index is 12.1. The molecule has 108 valence electrons. The van der Waals surface area contributed by atoms with Gasteiger partial charge in [0.25, 0.3) is 0 Å². The van der Waals surface area contributed by atoms with Crippen LogP contribution in [0.2, 0.25) is 0 Å². The van der Waals surface area contributed by atoms with Crippen LogP contribution >= 0.6 is 0 Å². The van der Waals surface area contributed by atoms with Crippen LogP contribution < -0.4 is 0 Å². The number of aliphatic hydroxyl groups is 1. The van der Waals surface area contributed by atoms with Crippen molar-refractivity contribution >= 4 is 11.7 Å². The Morgan fingerprint density at radius 3 is 2.95 bits per heavy atom. The molecule has 1 aliphatic carbocycles. The summed E-state index contributed by atoms with van der Waals surface area (Å²) in [5.41, 5.74) is 0.891. The van der Waals surface area contributed by atoms with Crippen LogP contribution in [0.15, 0.2) is 23.8 Å².